The number of nitrogens with zero attached hydrogens (tertiary/aromatic N) is 3. The van der Waals surface area contributed by atoms with Crippen LogP contribution in [0.5, 0.6) is 0 Å². The van der Waals surface area contributed by atoms with Gasteiger partial charge in [0.15, 0.2) is 0 Å². The summed E-state index contributed by atoms with van der Waals surface area (Å²) in [5.74, 6) is 1.62. The number of aromatic nitrogens is 1. The largest absolute Gasteiger partial charge is 0.355 e. The van der Waals surface area contributed by atoms with Crippen LogP contribution < -0.4 is 4.90 Å². The molecule has 1 rings (SSSR count). The predicted molar refractivity (Wildman–Crippen MR) is 84.2 cm³/mol. The van der Waals surface area contributed by atoms with E-state index in [1.807, 2.05) is 0 Å². The summed E-state index contributed by atoms with van der Waals surface area (Å²) in [4.78, 5) is 9.31. The van der Waals surface area contributed by atoms with Crippen molar-refractivity contribution in [1.29, 1.82) is 0 Å². The molecule has 1 aromatic heterocycles. The highest BCUT2D eigenvalue weighted by atomic mass is 35.5. The first-order chi connectivity index (χ1) is 9.10. The van der Waals surface area contributed by atoms with Crippen molar-refractivity contribution < 1.29 is 0 Å². The second kappa shape index (κ2) is 8.39. The average molecular weight is 284 g/mol. The van der Waals surface area contributed by atoms with Crippen molar-refractivity contribution in [2.24, 2.45) is 0 Å². The first kappa shape index (κ1) is 16.3. The lowest BCUT2D eigenvalue weighted by molar-refractivity contribution is 0.412. The standard InChI is InChI=1S/C15H26ClN3/c1-5-7-19(9-8-18(3)4)15-11-13(12-16)10-14(6-2)17-15/h10-11H,5-9,12H2,1-4H3. The molecule has 1 heterocycles. The van der Waals surface area contributed by atoms with E-state index in [2.05, 4.69) is 49.9 Å². The Kier molecular flexibility index (Phi) is 7.17. The Bertz CT molecular complexity index is 357. The molecule has 0 spiro atoms. The summed E-state index contributed by atoms with van der Waals surface area (Å²) < 4.78 is 0. The first-order valence-electron chi connectivity index (χ1n) is 7.06. The van der Waals surface area contributed by atoms with Gasteiger partial charge >= 0.3 is 0 Å². The number of alkyl halides is 1. The first-order valence-corrected chi connectivity index (χ1v) is 7.59. The molecule has 4 heteroatoms. The molecule has 0 bridgehead atoms. The molecule has 108 valence electrons. The molecular weight excluding hydrogens is 258 g/mol. The van der Waals surface area contributed by atoms with Crippen molar-refractivity contribution in [3.8, 4) is 0 Å². The van der Waals surface area contributed by atoms with Crippen LogP contribution >= 0.6 is 11.6 Å². The Labute approximate surface area is 122 Å². The molecule has 0 aliphatic rings. The van der Waals surface area contributed by atoms with Crippen molar-refractivity contribution >= 4 is 17.4 Å². The van der Waals surface area contributed by atoms with E-state index >= 15 is 0 Å². The van der Waals surface area contributed by atoms with Gasteiger partial charge < -0.3 is 9.80 Å². The monoisotopic (exact) mass is 283 g/mol. The van der Waals surface area contributed by atoms with Gasteiger partial charge in [-0.2, -0.15) is 0 Å². The van der Waals surface area contributed by atoms with E-state index in [0.29, 0.717) is 5.88 Å². The number of likely N-dealkylation sites (N-methyl/N-ethyl adjacent to an activating group) is 1. The number of anilines is 1. The summed E-state index contributed by atoms with van der Waals surface area (Å²) in [5.41, 5.74) is 2.29. The summed E-state index contributed by atoms with van der Waals surface area (Å²) in [6, 6.07) is 4.23. The molecule has 19 heavy (non-hydrogen) atoms. The third kappa shape index (κ3) is 5.37. The van der Waals surface area contributed by atoms with E-state index in [-0.39, 0.29) is 0 Å². The van der Waals surface area contributed by atoms with Crippen LogP contribution in [0.3, 0.4) is 0 Å². The van der Waals surface area contributed by atoms with Crippen molar-refractivity contribution in [3.63, 3.8) is 0 Å². The Morgan fingerprint density at radius 1 is 1.11 bits per heavy atom. The molecule has 0 atom stereocenters. The maximum Gasteiger partial charge on any atom is 0.129 e. The molecule has 0 aliphatic carbocycles. The number of aryl methyl sites for hydroxylation is 1. The topological polar surface area (TPSA) is 19.4 Å². The van der Waals surface area contributed by atoms with E-state index in [1.54, 1.807) is 0 Å². The molecule has 0 fully saturated rings. The third-order valence-corrected chi connectivity index (χ3v) is 3.38. The fourth-order valence-corrected chi connectivity index (χ4v) is 2.14. The lowest BCUT2D eigenvalue weighted by Gasteiger charge is -2.25. The Hall–Kier alpha value is -0.800. The van der Waals surface area contributed by atoms with Crippen molar-refractivity contribution in [1.82, 2.24) is 9.88 Å². The predicted octanol–water partition coefficient (Wildman–Crippen LogP) is 3.16. The van der Waals surface area contributed by atoms with Crippen LogP contribution in [-0.4, -0.2) is 43.6 Å². The third-order valence-electron chi connectivity index (χ3n) is 3.08. The van der Waals surface area contributed by atoms with Gasteiger partial charge in [0.1, 0.15) is 5.82 Å². The number of pyridine rings is 1. The van der Waals surface area contributed by atoms with Crippen LogP contribution in [-0.2, 0) is 12.3 Å². The van der Waals surface area contributed by atoms with Crippen LogP contribution in [0, 0.1) is 0 Å². The fraction of sp³-hybridized carbons (Fsp3) is 0.667. The van der Waals surface area contributed by atoms with Gasteiger partial charge in [0.2, 0.25) is 0 Å². The van der Waals surface area contributed by atoms with Crippen molar-refractivity contribution in [2.45, 2.75) is 32.6 Å². The van der Waals surface area contributed by atoms with Gasteiger partial charge in [-0.1, -0.05) is 13.8 Å². The molecule has 3 nitrogen and oxygen atoms in total. The summed E-state index contributed by atoms with van der Waals surface area (Å²) in [6.07, 6.45) is 2.08. The molecular formula is C15H26ClN3. The van der Waals surface area contributed by atoms with E-state index in [0.717, 1.165) is 49.6 Å². The van der Waals surface area contributed by atoms with Crippen molar-refractivity contribution in [3.05, 3.63) is 23.4 Å². The van der Waals surface area contributed by atoms with Gasteiger partial charge in [0, 0.05) is 31.2 Å². The van der Waals surface area contributed by atoms with Crippen LogP contribution in [0.25, 0.3) is 0 Å². The lowest BCUT2D eigenvalue weighted by Crippen LogP contribution is -2.33. The maximum atomic E-state index is 5.98. The summed E-state index contributed by atoms with van der Waals surface area (Å²) in [7, 11) is 4.20. The molecule has 1 aromatic rings. The quantitative estimate of drug-likeness (QED) is 0.683. The second-order valence-electron chi connectivity index (χ2n) is 5.10. The minimum Gasteiger partial charge on any atom is -0.355 e. The minimum absolute atomic E-state index is 0.552. The van der Waals surface area contributed by atoms with E-state index in [4.69, 9.17) is 16.6 Å². The summed E-state index contributed by atoms with van der Waals surface area (Å²) in [5, 5.41) is 0. The SMILES string of the molecule is CCCN(CCN(C)C)c1cc(CCl)cc(CC)n1. The highest BCUT2D eigenvalue weighted by Crippen LogP contribution is 2.17. The minimum atomic E-state index is 0.552. The zero-order valence-corrected chi connectivity index (χ0v) is 13.4. The average Bonchev–Trinajstić information content (AvgIpc) is 2.42. The normalized spacial score (nSPS) is 11.1. The van der Waals surface area contributed by atoms with Gasteiger partial charge in [0.25, 0.3) is 0 Å². The Balaban J connectivity index is 2.92. The van der Waals surface area contributed by atoms with Crippen LogP contribution in [0.4, 0.5) is 5.82 Å². The molecule has 0 saturated carbocycles. The van der Waals surface area contributed by atoms with Crippen LogP contribution in [0.2, 0.25) is 0 Å². The second-order valence-corrected chi connectivity index (χ2v) is 5.37. The highest BCUT2D eigenvalue weighted by molar-refractivity contribution is 6.17. The zero-order valence-electron chi connectivity index (χ0n) is 12.6. The molecule has 0 amide bonds. The van der Waals surface area contributed by atoms with Crippen molar-refractivity contribution in [2.75, 3.05) is 38.6 Å². The Morgan fingerprint density at radius 2 is 1.84 bits per heavy atom. The van der Waals surface area contributed by atoms with Gasteiger partial charge in [-0.3, -0.25) is 0 Å². The molecule has 0 aromatic carbocycles. The number of hydrogen-bond acceptors (Lipinski definition) is 3. The van der Waals surface area contributed by atoms with Gasteiger partial charge in [-0.15, -0.1) is 11.6 Å². The molecule has 0 unspecified atom stereocenters. The maximum absolute atomic E-state index is 5.98. The zero-order chi connectivity index (χ0) is 14.3. The van der Waals surface area contributed by atoms with E-state index in [1.165, 1.54) is 0 Å². The Morgan fingerprint density at radius 3 is 2.37 bits per heavy atom. The van der Waals surface area contributed by atoms with Gasteiger partial charge in [-0.25, -0.2) is 4.98 Å². The molecule has 0 radical (unpaired) electrons. The molecule has 0 aliphatic heterocycles. The van der Waals surface area contributed by atoms with Gasteiger partial charge in [0.05, 0.1) is 0 Å². The number of halogens is 1. The van der Waals surface area contributed by atoms with Gasteiger partial charge in [-0.05, 0) is 44.6 Å². The summed E-state index contributed by atoms with van der Waals surface area (Å²) in [6.45, 7) is 7.41. The molecule has 0 saturated heterocycles. The number of rotatable bonds is 8. The van der Waals surface area contributed by atoms with E-state index < -0.39 is 0 Å². The lowest BCUT2D eigenvalue weighted by atomic mass is 10.2. The van der Waals surface area contributed by atoms with E-state index in [9.17, 15) is 0 Å². The smallest absolute Gasteiger partial charge is 0.129 e. The summed E-state index contributed by atoms with van der Waals surface area (Å²) >= 11 is 5.98. The fourth-order valence-electron chi connectivity index (χ4n) is 1.98. The highest BCUT2D eigenvalue weighted by Gasteiger charge is 2.10. The van der Waals surface area contributed by atoms with Crippen LogP contribution in [0.15, 0.2) is 12.1 Å². The number of hydrogen-bond donors (Lipinski definition) is 0. The van der Waals surface area contributed by atoms with Crippen LogP contribution in [0.1, 0.15) is 31.5 Å². The molecule has 0 N–H and O–H groups in total.